The zero-order valence-electron chi connectivity index (χ0n) is 19.3. The molecule has 0 saturated carbocycles. The van der Waals surface area contributed by atoms with Crippen LogP contribution in [-0.4, -0.2) is 42.5 Å². The number of rotatable bonds is 16. The third-order valence-corrected chi connectivity index (χ3v) is 5.62. The summed E-state index contributed by atoms with van der Waals surface area (Å²) in [6, 6.07) is 0. The molecule has 0 aromatic rings. The Labute approximate surface area is 251 Å². The highest BCUT2D eigenvalue weighted by molar-refractivity contribution is 6.67. The second-order valence-corrected chi connectivity index (χ2v) is 10.1. The molecule has 0 rings (SSSR count). The molecule has 0 fully saturated rings. The number of Topliss-reactive ketones (excluding diaryl/α,β-unsaturated/α-hetero) is 1. The van der Waals surface area contributed by atoms with Crippen molar-refractivity contribution in [1.82, 2.24) is 0 Å². The Morgan fingerprint density at radius 3 is 1.19 bits per heavy atom. The predicted octanol–water partition coefficient (Wildman–Crippen LogP) is 6.53. The molecule has 0 heterocycles. The molecule has 214 valence electrons. The summed E-state index contributed by atoms with van der Waals surface area (Å²) >= 11 is 36.5. The monoisotopic (exact) mass is 666 g/mol. The molecule has 0 N–H and O–H groups in total. The van der Waals surface area contributed by atoms with Crippen LogP contribution in [0.15, 0.2) is 0 Å². The van der Waals surface area contributed by atoms with Crippen LogP contribution in [0, 0.1) is 17.8 Å². The van der Waals surface area contributed by atoms with Crippen LogP contribution in [0.3, 0.4) is 0 Å². The Bertz CT molecular complexity index is 790. The minimum absolute atomic E-state index is 0. The zero-order valence-corrected chi connectivity index (χ0v) is 24.6. The summed E-state index contributed by atoms with van der Waals surface area (Å²) in [5.74, 6) is -2.99. The molecule has 3 atom stereocenters. The third kappa shape index (κ3) is 31.5. The summed E-state index contributed by atoms with van der Waals surface area (Å²) in [5.41, 5.74) is 0. The minimum atomic E-state index is -1.00. The first-order valence-corrected chi connectivity index (χ1v) is 12.9. The number of hydrogen-bond donors (Lipinski definition) is 0. The molecule has 0 amide bonds. The van der Waals surface area contributed by atoms with Crippen molar-refractivity contribution in [2.45, 2.75) is 72.6 Å². The van der Waals surface area contributed by atoms with Crippen LogP contribution in [-0.2, 0) is 38.4 Å². The van der Waals surface area contributed by atoms with Crippen LogP contribution in [0.1, 0.15) is 72.6 Å². The van der Waals surface area contributed by atoms with Gasteiger partial charge in [-0.2, -0.15) is 0 Å². The molecule has 8 nitrogen and oxygen atoms in total. The Balaban J connectivity index is -0.000000319. The number of halogens is 7. The summed E-state index contributed by atoms with van der Waals surface area (Å²) in [6.45, 7) is 3.24. The standard InChI is InChI=1S/C13H13Cl5O5.C4H5ClO2.C4H7ClO.CH4/c14-9(19)2-1-6(11(16)21)3-7(12(17)22)4-8(13(18)23)5-10(15)20;1-3(6)2-4(5)7;1-2-3-4(5)6;/h6-8H,1-5H2;2H2,1H3;2-3H2,1H3;1H4. The minimum Gasteiger partial charge on any atom is -0.299 e. The molecule has 0 aromatic heterocycles. The maximum Gasteiger partial charge on any atom is 0.229 e. The van der Waals surface area contributed by atoms with Crippen LogP contribution >= 0.6 is 81.2 Å². The molecule has 0 saturated heterocycles. The van der Waals surface area contributed by atoms with E-state index in [0.29, 0.717) is 6.42 Å². The van der Waals surface area contributed by atoms with Crippen LogP contribution in [0.25, 0.3) is 0 Å². The SMILES string of the molecule is C.CC(=O)CC(=O)Cl.CCCC(=O)Cl.O=C(Cl)CCC(CC(CC(CC(=O)Cl)C(=O)Cl)C(=O)Cl)C(=O)Cl. The molecule has 0 bridgehead atoms. The van der Waals surface area contributed by atoms with E-state index >= 15 is 0 Å². The second-order valence-electron chi connectivity index (χ2n) is 7.27. The maximum atomic E-state index is 11.5. The number of carbonyl (C=O) groups excluding carboxylic acids is 8. The molecule has 0 spiro atoms. The normalized spacial score (nSPS) is 12.0. The van der Waals surface area contributed by atoms with Gasteiger partial charge in [-0.3, -0.25) is 38.4 Å². The first-order valence-electron chi connectivity index (χ1n) is 10.2. The summed E-state index contributed by atoms with van der Waals surface area (Å²) in [4.78, 5) is 85.5. The Hall–Kier alpha value is -0.610. The van der Waals surface area contributed by atoms with Crippen molar-refractivity contribution in [3.63, 3.8) is 0 Å². The summed E-state index contributed by atoms with van der Waals surface area (Å²) in [5, 5.41) is -4.68. The molecule has 0 radical (unpaired) electrons. The maximum absolute atomic E-state index is 11.5. The summed E-state index contributed by atoms with van der Waals surface area (Å²) in [6.07, 6.45) is 0.533. The van der Waals surface area contributed by atoms with Gasteiger partial charge in [0, 0.05) is 37.0 Å². The van der Waals surface area contributed by atoms with E-state index in [1.54, 1.807) is 0 Å². The smallest absolute Gasteiger partial charge is 0.229 e. The van der Waals surface area contributed by atoms with Gasteiger partial charge in [0.2, 0.25) is 36.7 Å². The molecular formula is C22H29Cl7O8. The van der Waals surface area contributed by atoms with Gasteiger partial charge in [0.15, 0.2) is 0 Å². The van der Waals surface area contributed by atoms with Crippen molar-refractivity contribution < 1.29 is 38.4 Å². The average molecular weight is 670 g/mol. The lowest BCUT2D eigenvalue weighted by molar-refractivity contribution is -0.123. The van der Waals surface area contributed by atoms with E-state index in [2.05, 4.69) is 0 Å². The zero-order chi connectivity index (χ0) is 29.0. The second kappa shape index (κ2) is 25.7. The summed E-state index contributed by atoms with van der Waals surface area (Å²) < 4.78 is 0. The Morgan fingerprint density at radius 1 is 0.568 bits per heavy atom. The lowest BCUT2D eigenvalue weighted by Gasteiger charge is -2.20. The fourth-order valence-electron chi connectivity index (χ4n) is 2.42. The van der Waals surface area contributed by atoms with E-state index in [-0.39, 0.29) is 57.0 Å². The number of hydrogen-bond acceptors (Lipinski definition) is 8. The van der Waals surface area contributed by atoms with Crippen molar-refractivity contribution in [2.75, 3.05) is 0 Å². The Morgan fingerprint density at radius 2 is 0.973 bits per heavy atom. The van der Waals surface area contributed by atoms with Crippen molar-refractivity contribution in [1.29, 1.82) is 0 Å². The van der Waals surface area contributed by atoms with Crippen LogP contribution in [0.4, 0.5) is 0 Å². The van der Waals surface area contributed by atoms with Crippen molar-refractivity contribution in [3.8, 4) is 0 Å². The van der Waals surface area contributed by atoms with Gasteiger partial charge in [-0.1, -0.05) is 14.4 Å². The predicted molar refractivity (Wildman–Crippen MR) is 147 cm³/mol. The third-order valence-electron chi connectivity index (χ3n) is 4.03. The van der Waals surface area contributed by atoms with E-state index in [0.717, 1.165) is 6.42 Å². The van der Waals surface area contributed by atoms with Gasteiger partial charge < -0.3 is 0 Å². The highest BCUT2D eigenvalue weighted by Gasteiger charge is 2.31. The first-order chi connectivity index (χ1) is 16.4. The molecule has 0 aliphatic carbocycles. The van der Waals surface area contributed by atoms with E-state index < -0.39 is 49.2 Å². The number of ketones is 1. The Kier molecular flexibility index (Phi) is 30.1. The van der Waals surface area contributed by atoms with Crippen LogP contribution in [0.5, 0.6) is 0 Å². The quantitative estimate of drug-likeness (QED) is 0.134. The van der Waals surface area contributed by atoms with E-state index in [9.17, 15) is 38.4 Å². The van der Waals surface area contributed by atoms with E-state index in [1.165, 1.54) is 6.92 Å². The topological polar surface area (TPSA) is 137 Å². The van der Waals surface area contributed by atoms with Crippen LogP contribution in [0.2, 0.25) is 0 Å². The number of carbonyl (C=O) groups is 8. The van der Waals surface area contributed by atoms with Gasteiger partial charge >= 0.3 is 0 Å². The fourth-order valence-corrected chi connectivity index (χ4v) is 3.64. The van der Waals surface area contributed by atoms with Gasteiger partial charge in [-0.25, -0.2) is 0 Å². The lowest BCUT2D eigenvalue weighted by atomic mass is 9.85. The van der Waals surface area contributed by atoms with Crippen molar-refractivity contribution in [3.05, 3.63) is 0 Å². The van der Waals surface area contributed by atoms with E-state index in [4.69, 9.17) is 81.2 Å². The van der Waals surface area contributed by atoms with Crippen molar-refractivity contribution >= 4 is 124 Å². The van der Waals surface area contributed by atoms with Gasteiger partial charge in [-0.15, -0.1) is 0 Å². The average Bonchev–Trinajstić information content (AvgIpc) is 2.68. The van der Waals surface area contributed by atoms with Gasteiger partial charge in [0.25, 0.3) is 0 Å². The van der Waals surface area contributed by atoms with Gasteiger partial charge in [-0.05, 0) is 114 Å². The van der Waals surface area contributed by atoms with Crippen molar-refractivity contribution in [2.24, 2.45) is 17.8 Å². The fraction of sp³-hybridized carbons (Fsp3) is 0.636. The first kappa shape index (κ1) is 43.4. The van der Waals surface area contributed by atoms with E-state index in [1.807, 2.05) is 6.92 Å². The highest BCUT2D eigenvalue weighted by atomic mass is 35.5. The molecule has 0 aliphatic heterocycles. The lowest BCUT2D eigenvalue weighted by Crippen LogP contribution is -2.24. The van der Waals surface area contributed by atoms with Gasteiger partial charge in [0.1, 0.15) is 5.78 Å². The molecule has 0 aromatic carbocycles. The van der Waals surface area contributed by atoms with Gasteiger partial charge in [0.05, 0.1) is 6.42 Å². The highest BCUT2D eigenvalue weighted by Crippen LogP contribution is 2.29. The molecular weight excluding hydrogens is 640 g/mol. The largest absolute Gasteiger partial charge is 0.299 e. The van der Waals surface area contributed by atoms with Crippen LogP contribution < -0.4 is 0 Å². The summed E-state index contributed by atoms with van der Waals surface area (Å²) in [7, 11) is 0. The molecule has 0 aliphatic rings. The molecule has 15 heteroatoms. The molecule has 37 heavy (non-hydrogen) atoms. The molecule has 3 unspecified atom stereocenters.